The van der Waals surface area contributed by atoms with Crippen LogP contribution in [-0.4, -0.2) is 14.5 Å². The molecule has 0 unspecified atom stereocenters. The van der Waals surface area contributed by atoms with Gasteiger partial charge >= 0.3 is 0 Å². The van der Waals surface area contributed by atoms with E-state index in [2.05, 4.69) is 102 Å². The van der Waals surface area contributed by atoms with Gasteiger partial charge in [-0.25, -0.2) is 9.97 Å². The first kappa shape index (κ1) is 23.0. The van der Waals surface area contributed by atoms with Crippen LogP contribution < -0.4 is 0 Å². The molecule has 42 heavy (non-hydrogen) atoms. The number of hydrogen-bond acceptors (Lipinski definition) is 3. The molecule has 9 aromatic rings. The molecule has 0 aliphatic heterocycles. The third kappa shape index (κ3) is 3.42. The highest BCUT2D eigenvalue weighted by atomic mass is 16.3. The molecule has 0 radical (unpaired) electrons. The molecular formula is C38H23N3O. The first-order chi connectivity index (χ1) is 20.8. The van der Waals surface area contributed by atoms with Crippen molar-refractivity contribution in [3.8, 4) is 28.3 Å². The van der Waals surface area contributed by atoms with Crippen molar-refractivity contribution in [3.63, 3.8) is 0 Å². The van der Waals surface area contributed by atoms with Gasteiger partial charge in [-0.1, -0.05) is 84.9 Å². The van der Waals surface area contributed by atoms with Crippen LogP contribution in [0.4, 0.5) is 0 Å². The van der Waals surface area contributed by atoms with Gasteiger partial charge in [0.15, 0.2) is 5.82 Å². The maximum Gasteiger partial charge on any atom is 0.160 e. The minimum Gasteiger partial charge on any atom is -0.456 e. The Morgan fingerprint density at radius 2 is 1.17 bits per heavy atom. The Morgan fingerprint density at radius 1 is 0.452 bits per heavy atom. The lowest BCUT2D eigenvalue weighted by molar-refractivity contribution is 0.669. The molecule has 0 saturated carbocycles. The molecule has 0 atom stereocenters. The zero-order valence-corrected chi connectivity index (χ0v) is 22.5. The van der Waals surface area contributed by atoms with E-state index >= 15 is 0 Å². The molecule has 3 heterocycles. The van der Waals surface area contributed by atoms with Crippen LogP contribution in [0.2, 0.25) is 0 Å². The Bertz CT molecular complexity index is 2450. The molecule has 4 nitrogen and oxygen atoms in total. The fraction of sp³-hybridized carbons (Fsp3) is 0. The number of hydrogen-bond donors (Lipinski definition) is 0. The topological polar surface area (TPSA) is 43.9 Å². The standard InChI is InChI=1S/C38H23N3O/c1-2-10-24(11-3-1)37-29-14-4-7-15-32(29)39-38(40-37)25-18-20-26(21-19-25)41-33-16-8-5-12-27(33)30-23-36-31(22-34(30)41)28-13-6-9-17-35(28)42-36/h1-23H. The third-order valence-electron chi connectivity index (χ3n) is 8.21. The van der Waals surface area contributed by atoms with Crippen molar-refractivity contribution >= 4 is 54.6 Å². The highest BCUT2D eigenvalue weighted by Crippen LogP contribution is 2.38. The number of benzene rings is 6. The van der Waals surface area contributed by atoms with E-state index in [0.29, 0.717) is 5.82 Å². The van der Waals surface area contributed by atoms with Crippen molar-refractivity contribution in [1.29, 1.82) is 0 Å². The third-order valence-corrected chi connectivity index (χ3v) is 8.21. The summed E-state index contributed by atoms with van der Waals surface area (Å²) in [4.78, 5) is 10.0. The first-order valence-electron chi connectivity index (χ1n) is 14.1. The maximum atomic E-state index is 6.24. The highest BCUT2D eigenvalue weighted by Gasteiger charge is 2.17. The number of aromatic nitrogens is 3. The summed E-state index contributed by atoms with van der Waals surface area (Å²) >= 11 is 0. The lowest BCUT2D eigenvalue weighted by atomic mass is 10.1. The van der Waals surface area contributed by atoms with Crippen LogP contribution in [0.25, 0.3) is 83.0 Å². The number of rotatable bonds is 3. The molecule has 3 aromatic heterocycles. The molecular weight excluding hydrogens is 514 g/mol. The fourth-order valence-corrected chi connectivity index (χ4v) is 6.25. The molecule has 9 rings (SSSR count). The second-order valence-corrected chi connectivity index (χ2v) is 10.6. The number of furan rings is 1. The average Bonchev–Trinajstić information content (AvgIpc) is 3.58. The Morgan fingerprint density at radius 3 is 2.02 bits per heavy atom. The van der Waals surface area contributed by atoms with Crippen LogP contribution in [-0.2, 0) is 0 Å². The van der Waals surface area contributed by atoms with Gasteiger partial charge in [-0.3, -0.25) is 0 Å². The van der Waals surface area contributed by atoms with E-state index in [1.165, 1.54) is 10.8 Å². The van der Waals surface area contributed by atoms with E-state index in [-0.39, 0.29) is 0 Å². The van der Waals surface area contributed by atoms with Crippen molar-refractivity contribution < 1.29 is 4.42 Å². The van der Waals surface area contributed by atoms with Crippen molar-refractivity contribution in [2.75, 3.05) is 0 Å². The summed E-state index contributed by atoms with van der Waals surface area (Å²) in [7, 11) is 0. The molecule has 0 aliphatic rings. The first-order valence-corrected chi connectivity index (χ1v) is 14.1. The summed E-state index contributed by atoms with van der Waals surface area (Å²) < 4.78 is 8.58. The van der Waals surface area contributed by atoms with Gasteiger partial charge in [-0.05, 0) is 54.6 Å². The maximum absolute atomic E-state index is 6.24. The predicted molar refractivity (Wildman–Crippen MR) is 172 cm³/mol. The van der Waals surface area contributed by atoms with E-state index < -0.39 is 0 Å². The molecule has 4 heteroatoms. The van der Waals surface area contributed by atoms with Gasteiger partial charge in [0.25, 0.3) is 0 Å². The second kappa shape index (κ2) is 8.88. The zero-order valence-electron chi connectivity index (χ0n) is 22.5. The van der Waals surface area contributed by atoms with Gasteiger partial charge in [0, 0.05) is 43.7 Å². The van der Waals surface area contributed by atoms with Gasteiger partial charge in [0.05, 0.1) is 22.2 Å². The average molecular weight is 538 g/mol. The Hall–Kier alpha value is -5.74. The molecule has 0 fully saturated rings. The van der Waals surface area contributed by atoms with Gasteiger partial charge in [-0.15, -0.1) is 0 Å². The largest absolute Gasteiger partial charge is 0.456 e. The van der Waals surface area contributed by atoms with E-state index in [1.54, 1.807) is 0 Å². The minimum absolute atomic E-state index is 0.716. The van der Waals surface area contributed by atoms with Crippen LogP contribution >= 0.6 is 0 Å². The van der Waals surface area contributed by atoms with Gasteiger partial charge < -0.3 is 8.98 Å². The summed E-state index contributed by atoms with van der Waals surface area (Å²) in [6.07, 6.45) is 0. The smallest absolute Gasteiger partial charge is 0.160 e. The number of nitrogens with zero attached hydrogens (tertiary/aromatic N) is 3. The summed E-state index contributed by atoms with van der Waals surface area (Å²) in [5.41, 5.74) is 9.14. The van der Waals surface area contributed by atoms with Crippen LogP contribution in [0.1, 0.15) is 0 Å². The Labute approximate surface area is 241 Å². The molecule has 0 aliphatic carbocycles. The quantitative estimate of drug-likeness (QED) is 0.225. The van der Waals surface area contributed by atoms with E-state index in [0.717, 1.165) is 66.4 Å². The van der Waals surface area contributed by atoms with Crippen LogP contribution in [0.15, 0.2) is 144 Å². The Balaban J connectivity index is 1.23. The molecule has 0 spiro atoms. The van der Waals surface area contributed by atoms with Gasteiger partial charge in [0.2, 0.25) is 0 Å². The molecule has 0 amide bonds. The summed E-state index contributed by atoms with van der Waals surface area (Å²) in [6.45, 7) is 0. The Kier molecular flexibility index (Phi) is 4.87. The predicted octanol–water partition coefficient (Wildman–Crippen LogP) is 9.96. The molecule has 196 valence electrons. The molecule has 0 N–H and O–H groups in total. The summed E-state index contributed by atoms with van der Waals surface area (Å²) in [5, 5.41) is 5.67. The van der Waals surface area contributed by atoms with E-state index in [4.69, 9.17) is 14.4 Å². The van der Waals surface area contributed by atoms with E-state index in [9.17, 15) is 0 Å². The van der Waals surface area contributed by atoms with Crippen molar-refractivity contribution in [3.05, 3.63) is 140 Å². The summed E-state index contributed by atoms with van der Waals surface area (Å²) in [5.74, 6) is 0.716. The van der Waals surface area contributed by atoms with Crippen molar-refractivity contribution in [1.82, 2.24) is 14.5 Å². The lowest BCUT2D eigenvalue weighted by Gasteiger charge is -2.11. The van der Waals surface area contributed by atoms with Gasteiger partial charge in [-0.2, -0.15) is 0 Å². The van der Waals surface area contributed by atoms with Crippen LogP contribution in [0.5, 0.6) is 0 Å². The SMILES string of the molecule is c1ccc(-c2nc(-c3ccc(-n4c5ccccc5c5cc6oc7ccccc7c6cc54)cc3)nc3ccccc23)cc1. The highest BCUT2D eigenvalue weighted by molar-refractivity contribution is 6.17. The van der Waals surface area contributed by atoms with Crippen molar-refractivity contribution in [2.24, 2.45) is 0 Å². The number of fused-ring (bicyclic) bond motifs is 7. The van der Waals surface area contributed by atoms with Crippen molar-refractivity contribution in [2.45, 2.75) is 0 Å². The molecule has 0 saturated heterocycles. The molecule has 0 bridgehead atoms. The van der Waals surface area contributed by atoms with Crippen LogP contribution in [0.3, 0.4) is 0 Å². The summed E-state index contributed by atoms with van der Waals surface area (Å²) in [6, 6.07) is 48.4. The normalized spacial score (nSPS) is 11.8. The fourth-order valence-electron chi connectivity index (χ4n) is 6.25. The molecule has 6 aromatic carbocycles. The number of para-hydroxylation sites is 3. The lowest BCUT2D eigenvalue weighted by Crippen LogP contribution is -1.97. The second-order valence-electron chi connectivity index (χ2n) is 10.6. The minimum atomic E-state index is 0.716. The zero-order chi connectivity index (χ0) is 27.6. The van der Waals surface area contributed by atoms with Gasteiger partial charge in [0.1, 0.15) is 11.2 Å². The van der Waals surface area contributed by atoms with E-state index in [1.807, 2.05) is 42.5 Å². The van der Waals surface area contributed by atoms with Crippen LogP contribution in [0, 0.1) is 0 Å². The monoisotopic (exact) mass is 537 g/mol.